The largest absolute Gasteiger partial charge is 0.491 e. The van der Waals surface area contributed by atoms with Crippen LogP contribution >= 0.6 is 23.7 Å². The van der Waals surface area contributed by atoms with Crippen molar-refractivity contribution in [3.63, 3.8) is 0 Å². The number of thioether (sulfide) groups is 1. The Morgan fingerprint density at radius 1 is 1.28 bits per heavy atom. The van der Waals surface area contributed by atoms with Crippen molar-refractivity contribution in [3.8, 4) is 5.75 Å². The average Bonchev–Trinajstić information content (AvgIpc) is 3.61. The van der Waals surface area contributed by atoms with Crippen LogP contribution in [-0.2, 0) is 4.79 Å². The minimum absolute atomic E-state index is 0.228. The lowest BCUT2D eigenvalue weighted by molar-refractivity contribution is -0.113. The third-order valence-electron chi connectivity index (χ3n) is 6.06. The van der Waals surface area contributed by atoms with Gasteiger partial charge in [-0.3, -0.25) is 4.72 Å². The van der Waals surface area contributed by atoms with E-state index < -0.39 is 0 Å². The molecule has 0 bridgehead atoms. The highest BCUT2D eigenvalue weighted by atomic mass is 32.2. The summed E-state index contributed by atoms with van der Waals surface area (Å²) in [6.07, 6.45) is 6.26. The highest BCUT2D eigenvalue weighted by Gasteiger charge is 2.43. The summed E-state index contributed by atoms with van der Waals surface area (Å²) in [5.74, 6) is 1.53. The monoisotopic (exact) mass is 474 g/mol. The summed E-state index contributed by atoms with van der Waals surface area (Å²) in [4.78, 5) is 15.9. The fraction of sp³-hybridized carbons (Fsp3) is 0.480. The number of hydrogen-bond donors (Lipinski definition) is 1. The molecular formula is C25H31FN2O2S2. The SMILES string of the molecule is CCCCC1CN(c2ccc(F)cc2)c2cc(SCC)c(OCC3(C=O)CC3)cc2SN1. The number of carbonyl (C=O) groups excluding carboxylic acids is 1. The first-order valence-corrected chi connectivity index (χ1v) is 13.2. The average molecular weight is 475 g/mol. The molecule has 1 aliphatic carbocycles. The second-order valence-corrected chi connectivity index (χ2v) is 10.8. The summed E-state index contributed by atoms with van der Waals surface area (Å²) in [7, 11) is 0. The number of fused-ring (bicyclic) bond motifs is 1. The molecule has 0 spiro atoms. The van der Waals surface area contributed by atoms with Crippen LogP contribution in [0, 0.1) is 11.2 Å². The van der Waals surface area contributed by atoms with Gasteiger partial charge in [-0.2, -0.15) is 0 Å². The number of rotatable bonds is 10. The van der Waals surface area contributed by atoms with Gasteiger partial charge in [-0.1, -0.05) is 26.7 Å². The van der Waals surface area contributed by atoms with Crippen molar-refractivity contribution in [2.45, 2.75) is 61.8 Å². The number of ether oxygens (including phenoxy) is 1. The normalized spacial score (nSPS) is 19.2. The van der Waals surface area contributed by atoms with E-state index in [9.17, 15) is 9.18 Å². The van der Waals surface area contributed by atoms with Crippen LogP contribution in [0.1, 0.15) is 46.0 Å². The van der Waals surface area contributed by atoms with E-state index in [0.29, 0.717) is 12.6 Å². The molecular weight excluding hydrogens is 443 g/mol. The van der Waals surface area contributed by atoms with Crippen molar-refractivity contribution >= 4 is 41.4 Å². The molecule has 4 rings (SSSR count). The fourth-order valence-electron chi connectivity index (χ4n) is 3.85. The lowest BCUT2D eigenvalue weighted by Crippen LogP contribution is -2.34. The van der Waals surface area contributed by atoms with Crippen LogP contribution in [0.15, 0.2) is 46.2 Å². The van der Waals surface area contributed by atoms with Gasteiger partial charge in [-0.05, 0) is 73.4 Å². The predicted octanol–water partition coefficient (Wildman–Crippen LogP) is 6.60. The maximum Gasteiger partial charge on any atom is 0.134 e. The van der Waals surface area contributed by atoms with Gasteiger partial charge in [-0.15, -0.1) is 11.8 Å². The summed E-state index contributed by atoms with van der Waals surface area (Å²) < 4.78 is 23.5. The Kier molecular flexibility index (Phi) is 7.69. The molecule has 0 radical (unpaired) electrons. The summed E-state index contributed by atoms with van der Waals surface area (Å²) in [6, 6.07) is 11.4. The van der Waals surface area contributed by atoms with Crippen LogP contribution in [0.25, 0.3) is 0 Å². The minimum Gasteiger partial charge on any atom is -0.491 e. The first-order chi connectivity index (χ1) is 15.6. The van der Waals surface area contributed by atoms with Gasteiger partial charge in [0.15, 0.2) is 0 Å². The van der Waals surface area contributed by atoms with Crippen molar-refractivity contribution in [2.24, 2.45) is 5.41 Å². The van der Waals surface area contributed by atoms with Crippen molar-refractivity contribution in [1.29, 1.82) is 0 Å². The quantitative estimate of drug-likeness (QED) is 0.238. The van der Waals surface area contributed by atoms with Crippen LogP contribution in [0.2, 0.25) is 0 Å². The zero-order valence-corrected chi connectivity index (χ0v) is 20.4. The van der Waals surface area contributed by atoms with Gasteiger partial charge in [0.05, 0.1) is 20.9 Å². The van der Waals surface area contributed by atoms with E-state index in [1.807, 2.05) is 12.1 Å². The van der Waals surface area contributed by atoms with E-state index in [0.717, 1.165) is 77.6 Å². The van der Waals surface area contributed by atoms with Crippen molar-refractivity contribution < 1.29 is 13.9 Å². The first kappa shape index (κ1) is 23.5. The highest BCUT2D eigenvalue weighted by Crippen LogP contribution is 2.47. The Morgan fingerprint density at radius 2 is 2.06 bits per heavy atom. The summed E-state index contributed by atoms with van der Waals surface area (Å²) in [6.45, 7) is 5.59. The van der Waals surface area contributed by atoms with Crippen LogP contribution < -0.4 is 14.4 Å². The molecule has 0 amide bonds. The zero-order chi connectivity index (χ0) is 22.6. The number of benzene rings is 2. The van der Waals surface area contributed by atoms with Gasteiger partial charge in [0.2, 0.25) is 0 Å². The second kappa shape index (κ2) is 10.5. The molecule has 7 heteroatoms. The molecule has 32 heavy (non-hydrogen) atoms. The molecule has 4 nitrogen and oxygen atoms in total. The molecule has 1 heterocycles. The van der Waals surface area contributed by atoms with E-state index in [4.69, 9.17) is 4.74 Å². The molecule has 0 aromatic heterocycles. The molecule has 2 aromatic rings. The lowest BCUT2D eigenvalue weighted by Gasteiger charge is -2.28. The van der Waals surface area contributed by atoms with Gasteiger partial charge < -0.3 is 14.4 Å². The molecule has 1 atom stereocenters. The Morgan fingerprint density at radius 3 is 2.72 bits per heavy atom. The van der Waals surface area contributed by atoms with E-state index in [-0.39, 0.29) is 11.2 Å². The number of nitrogens with zero attached hydrogens (tertiary/aromatic N) is 1. The smallest absolute Gasteiger partial charge is 0.134 e. The number of halogens is 1. The van der Waals surface area contributed by atoms with E-state index in [2.05, 4.69) is 35.6 Å². The molecule has 1 N–H and O–H groups in total. The number of anilines is 2. The van der Waals surface area contributed by atoms with Gasteiger partial charge >= 0.3 is 0 Å². The molecule has 1 fully saturated rings. The Labute approximate surface area is 198 Å². The van der Waals surface area contributed by atoms with Crippen molar-refractivity contribution in [3.05, 3.63) is 42.2 Å². The molecule has 0 saturated heterocycles. The highest BCUT2D eigenvalue weighted by molar-refractivity contribution is 7.99. The fourth-order valence-corrected chi connectivity index (χ4v) is 5.54. The molecule has 2 aliphatic rings. The standard InChI is InChI=1S/C25H31FN2O2S2/c1-3-5-6-19-15-28(20-9-7-18(26)8-10-20)21-13-24(31-4-2)22(14-23(21)32-27-19)30-17-25(16-29)11-12-25/h7-10,13-14,16,19,27H,3-6,11-12,15,17H2,1-2H3. The summed E-state index contributed by atoms with van der Waals surface area (Å²) >= 11 is 3.39. The van der Waals surface area contributed by atoms with Gasteiger partial charge in [-0.25, -0.2) is 4.39 Å². The third kappa shape index (κ3) is 5.43. The van der Waals surface area contributed by atoms with Crippen LogP contribution in [0.4, 0.5) is 15.8 Å². The van der Waals surface area contributed by atoms with Crippen LogP contribution in [0.3, 0.4) is 0 Å². The maximum absolute atomic E-state index is 13.6. The molecule has 2 aromatic carbocycles. The number of nitrogens with one attached hydrogen (secondary N) is 1. The second-order valence-electron chi connectivity index (χ2n) is 8.61. The summed E-state index contributed by atoms with van der Waals surface area (Å²) in [5, 5.41) is 0. The predicted molar refractivity (Wildman–Crippen MR) is 132 cm³/mol. The number of hydrogen-bond acceptors (Lipinski definition) is 6. The minimum atomic E-state index is -0.294. The molecule has 1 saturated carbocycles. The van der Waals surface area contributed by atoms with Gasteiger partial charge in [0, 0.05) is 18.3 Å². The van der Waals surface area contributed by atoms with Crippen LogP contribution in [0.5, 0.6) is 5.75 Å². The first-order valence-electron chi connectivity index (χ1n) is 11.4. The molecule has 172 valence electrons. The zero-order valence-electron chi connectivity index (χ0n) is 18.7. The number of unbranched alkanes of at least 4 members (excludes halogenated alkanes) is 1. The van der Waals surface area contributed by atoms with Gasteiger partial charge in [0.1, 0.15) is 24.5 Å². The number of aldehydes is 1. The van der Waals surface area contributed by atoms with Crippen molar-refractivity contribution in [1.82, 2.24) is 4.72 Å². The Bertz CT molecular complexity index is 934. The maximum atomic E-state index is 13.6. The van der Waals surface area contributed by atoms with E-state index in [1.54, 1.807) is 23.7 Å². The van der Waals surface area contributed by atoms with E-state index in [1.165, 1.54) is 12.1 Å². The topological polar surface area (TPSA) is 41.6 Å². The molecule has 1 aliphatic heterocycles. The molecule has 1 unspecified atom stereocenters. The lowest BCUT2D eigenvalue weighted by atomic mass is 10.1. The van der Waals surface area contributed by atoms with E-state index >= 15 is 0 Å². The third-order valence-corrected chi connectivity index (χ3v) is 7.97. The van der Waals surface area contributed by atoms with Crippen LogP contribution in [-0.4, -0.2) is 31.2 Å². The van der Waals surface area contributed by atoms with Gasteiger partial charge in [0.25, 0.3) is 0 Å². The Hall–Kier alpha value is -1.70. The van der Waals surface area contributed by atoms with Crippen molar-refractivity contribution in [2.75, 3.05) is 23.8 Å². The number of carbonyl (C=O) groups is 1. The Balaban J connectivity index is 1.69. The summed E-state index contributed by atoms with van der Waals surface area (Å²) in [5.41, 5.74) is 1.79.